The molecule has 1 rings (SSSR count). The highest BCUT2D eigenvalue weighted by molar-refractivity contribution is 5.05. The van der Waals surface area contributed by atoms with Gasteiger partial charge in [-0.25, -0.2) is 0 Å². The lowest BCUT2D eigenvalue weighted by molar-refractivity contribution is 0.289. The fourth-order valence-electron chi connectivity index (χ4n) is 1.42. The van der Waals surface area contributed by atoms with Crippen molar-refractivity contribution >= 4 is 0 Å². The van der Waals surface area contributed by atoms with E-state index in [2.05, 4.69) is 42.7 Å². The van der Waals surface area contributed by atoms with Crippen molar-refractivity contribution in [3.63, 3.8) is 0 Å². The second-order valence-electron chi connectivity index (χ2n) is 5.37. The summed E-state index contributed by atoms with van der Waals surface area (Å²) in [4.78, 5) is 2.12. The van der Waals surface area contributed by atoms with Crippen LogP contribution in [0, 0.1) is 0 Å². The van der Waals surface area contributed by atoms with Gasteiger partial charge in [0.05, 0.1) is 12.2 Å². The molecule has 0 radical (unpaired) electrons. The number of hydrogen-bond donors (Lipinski definition) is 1. The molecule has 0 spiro atoms. The first kappa shape index (κ1) is 13.9. The van der Waals surface area contributed by atoms with E-state index in [0.29, 0.717) is 0 Å². The molecule has 0 atom stereocenters. The van der Waals surface area contributed by atoms with Gasteiger partial charge in [0.25, 0.3) is 0 Å². The summed E-state index contributed by atoms with van der Waals surface area (Å²) in [6.07, 6.45) is 1.87. The molecule has 0 amide bonds. The molecular formula is C13H23N3O. The van der Waals surface area contributed by atoms with E-state index in [1.165, 1.54) is 0 Å². The molecule has 1 heterocycles. The standard InChI is InChI=1S/C13H23N3O/c1-6-7-16(5)10-12-8-11(15-17-12)9-14-13(2,3)4/h6,8,14H,1,7,9-10H2,2-5H3. The van der Waals surface area contributed by atoms with Crippen LogP contribution in [-0.2, 0) is 13.1 Å². The highest BCUT2D eigenvalue weighted by Crippen LogP contribution is 2.08. The summed E-state index contributed by atoms with van der Waals surface area (Å²) in [6, 6.07) is 2.00. The van der Waals surface area contributed by atoms with Crippen molar-refractivity contribution in [2.75, 3.05) is 13.6 Å². The van der Waals surface area contributed by atoms with E-state index in [-0.39, 0.29) is 5.54 Å². The van der Waals surface area contributed by atoms with E-state index in [1.54, 1.807) is 0 Å². The quantitative estimate of drug-likeness (QED) is 0.770. The average Bonchev–Trinajstić information content (AvgIpc) is 2.62. The Morgan fingerprint density at radius 3 is 2.82 bits per heavy atom. The van der Waals surface area contributed by atoms with Gasteiger partial charge in [-0.05, 0) is 27.8 Å². The third-order valence-electron chi connectivity index (χ3n) is 2.27. The van der Waals surface area contributed by atoms with Crippen molar-refractivity contribution in [3.05, 3.63) is 30.2 Å². The van der Waals surface area contributed by atoms with Crippen LogP contribution in [0.1, 0.15) is 32.2 Å². The number of likely N-dealkylation sites (N-methyl/N-ethyl adjacent to an activating group) is 1. The average molecular weight is 237 g/mol. The lowest BCUT2D eigenvalue weighted by Crippen LogP contribution is -2.35. The maximum Gasteiger partial charge on any atom is 0.151 e. The molecule has 0 aliphatic rings. The molecule has 1 aromatic rings. The van der Waals surface area contributed by atoms with Gasteiger partial charge in [0.1, 0.15) is 0 Å². The van der Waals surface area contributed by atoms with Gasteiger partial charge in [-0.2, -0.15) is 0 Å². The van der Waals surface area contributed by atoms with Crippen LogP contribution in [0.5, 0.6) is 0 Å². The van der Waals surface area contributed by atoms with Crippen LogP contribution >= 0.6 is 0 Å². The van der Waals surface area contributed by atoms with Gasteiger partial charge in [0.15, 0.2) is 5.76 Å². The van der Waals surface area contributed by atoms with E-state index in [9.17, 15) is 0 Å². The molecule has 0 fully saturated rings. The molecule has 0 saturated carbocycles. The molecule has 0 saturated heterocycles. The molecule has 0 aromatic carbocycles. The van der Waals surface area contributed by atoms with Crippen LogP contribution in [0.15, 0.2) is 23.2 Å². The predicted octanol–water partition coefficient (Wildman–Crippen LogP) is 2.18. The van der Waals surface area contributed by atoms with Crippen molar-refractivity contribution in [1.82, 2.24) is 15.4 Å². The molecule has 17 heavy (non-hydrogen) atoms. The third kappa shape index (κ3) is 5.65. The van der Waals surface area contributed by atoms with Crippen LogP contribution in [0.4, 0.5) is 0 Å². The molecule has 4 nitrogen and oxygen atoms in total. The second-order valence-corrected chi connectivity index (χ2v) is 5.37. The van der Waals surface area contributed by atoms with Gasteiger partial charge >= 0.3 is 0 Å². The topological polar surface area (TPSA) is 41.3 Å². The largest absolute Gasteiger partial charge is 0.360 e. The zero-order valence-corrected chi connectivity index (χ0v) is 11.3. The zero-order chi connectivity index (χ0) is 12.9. The summed E-state index contributed by atoms with van der Waals surface area (Å²) in [7, 11) is 2.03. The first-order valence-electron chi connectivity index (χ1n) is 5.89. The van der Waals surface area contributed by atoms with Crippen LogP contribution in [0.25, 0.3) is 0 Å². The number of nitrogens with zero attached hydrogens (tertiary/aromatic N) is 2. The Morgan fingerprint density at radius 1 is 1.53 bits per heavy atom. The molecule has 0 unspecified atom stereocenters. The normalized spacial score (nSPS) is 12.1. The fraction of sp³-hybridized carbons (Fsp3) is 0.615. The molecule has 96 valence electrons. The highest BCUT2D eigenvalue weighted by atomic mass is 16.5. The Balaban J connectivity index is 2.45. The van der Waals surface area contributed by atoms with Crippen LogP contribution in [-0.4, -0.2) is 29.2 Å². The Labute approximate surface area is 104 Å². The maximum atomic E-state index is 5.28. The van der Waals surface area contributed by atoms with E-state index in [4.69, 9.17) is 4.52 Å². The Bertz CT molecular complexity index is 352. The molecule has 0 aliphatic carbocycles. The van der Waals surface area contributed by atoms with Crippen LogP contribution in [0.2, 0.25) is 0 Å². The van der Waals surface area contributed by atoms with Gasteiger partial charge in [-0.3, -0.25) is 4.90 Å². The fourth-order valence-corrected chi connectivity index (χ4v) is 1.42. The van der Waals surface area contributed by atoms with E-state index in [0.717, 1.165) is 31.1 Å². The van der Waals surface area contributed by atoms with Gasteiger partial charge < -0.3 is 9.84 Å². The van der Waals surface area contributed by atoms with Crippen molar-refractivity contribution < 1.29 is 4.52 Å². The number of nitrogens with one attached hydrogen (secondary N) is 1. The van der Waals surface area contributed by atoms with E-state index in [1.807, 2.05) is 19.2 Å². The Morgan fingerprint density at radius 2 is 2.24 bits per heavy atom. The summed E-state index contributed by atoms with van der Waals surface area (Å²) >= 11 is 0. The highest BCUT2D eigenvalue weighted by Gasteiger charge is 2.11. The van der Waals surface area contributed by atoms with Crippen molar-refractivity contribution in [1.29, 1.82) is 0 Å². The Hall–Kier alpha value is -1.13. The predicted molar refractivity (Wildman–Crippen MR) is 69.6 cm³/mol. The third-order valence-corrected chi connectivity index (χ3v) is 2.27. The van der Waals surface area contributed by atoms with Crippen molar-refractivity contribution in [3.8, 4) is 0 Å². The number of hydrogen-bond acceptors (Lipinski definition) is 4. The Kier molecular flexibility index (Phi) is 4.90. The lowest BCUT2D eigenvalue weighted by atomic mass is 10.1. The van der Waals surface area contributed by atoms with Gasteiger partial charge in [0.2, 0.25) is 0 Å². The molecule has 0 bridgehead atoms. The monoisotopic (exact) mass is 237 g/mol. The zero-order valence-electron chi connectivity index (χ0n) is 11.3. The van der Waals surface area contributed by atoms with E-state index < -0.39 is 0 Å². The van der Waals surface area contributed by atoms with Crippen molar-refractivity contribution in [2.45, 2.75) is 39.4 Å². The minimum absolute atomic E-state index is 0.0960. The van der Waals surface area contributed by atoms with Crippen LogP contribution < -0.4 is 5.32 Å². The molecule has 1 aromatic heterocycles. The summed E-state index contributed by atoms with van der Waals surface area (Å²) in [5, 5.41) is 7.42. The summed E-state index contributed by atoms with van der Waals surface area (Å²) < 4.78 is 5.28. The van der Waals surface area contributed by atoms with Crippen molar-refractivity contribution in [2.24, 2.45) is 0 Å². The van der Waals surface area contributed by atoms with Crippen LogP contribution in [0.3, 0.4) is 0 Å². The first-order valence-corrected chi connectivity index (χ1v) is 5.89. The molecule has 0 aliphatic heterocycles. The lowest BCUT2D eigenvalue weighted by Gasteiger charge is -2.19. The maximum absolute atomic E-state index is 5.28. The van der Waals surface area contributed by atoms with Gasteiger partial charge in [-0.1, -0.05) is 11.2 Å². The minimum atomic E-state index is 0.0960. The molecule has 1 N–H and O–H groups in total. The SMILES string of the molecule is C=CCN(C)Cc1cc(CNC(C)(C)C)no1. The number of aromatic nitrogens is 1. The smallest absolute Gasteiger partial charge is 0.151 e. The van der Waals surface area contributed by atoms with Gasteiger partial charge in [-0.15, -0.1) is 6.58 Å². The first-order chi connectivity index (χ1) is 7.90. The molecule has 4 heteroatoms. The van der Waals surface area contributed by atoms with Gasteiger partial charge in [0, 0.05) is 24.7 Å². The number of rotatable bonds is 6. The molecular weight excluding hydrogens is 214 g/mol. The minimum Gasteiger partial charge on any atom is -0.360 e. The van der Waals surface area contributed by atoms with E-state index >= 15 is 0 Å². The summed E-state index contributed by atoms with van der Waals surface area (Å²) in [5.74, 6) is 0.889. The summed E-state index contributed by atoms with van der Waals surface area (Å²) in [6.45, 7) is 12.4. The summed E-state index contributed by atoms with van der Waals surface area (Å²) in [5.41, 5.74) is 1.04. The second kappa shape index (κ2) is 5.98.